The Morgan fingerprint density at radius 3 is 2.76 bits per heavy atom. The number of methoxy groups -OCH3 is 1. The molecule has 0 saturated heterocycles. The predicted octanol–water partition coefficient (Wildman–Crippen LogP) is 5.61. The Morgan fingerprint density at radius 1 is 1.19 bits per heavy atom. The minimum absolute atomic E-state index is 0.166. The molecule has 1 aliphatic rings. The van der Waals surface area contributed by atoms with E-state index in [1.807, 2.05) is 43.5 Å². The van der Waals surface area contributed by atoms with E-state index in [1.54, 1.807) is 13.2 Å². The molecule has 4 aromatic rings. The molecule has 10 heteroatoms. The highest BCUT2D eigenvalue weighted by Gasteiger charge is 2.34. The van der Waals surface area contributed by atoms with E-state index in [4.69, 9.17) is 9.47 Å². The summed E-state index contributed by atoms with van der Waals surface area (Å²) in [6.45, 7) is 1.72. The first-order valence-electron chi connectivity index (χ1n) is 11.4. The molecule has 1 aliphatic heterocycles. The van der Waals surface area contributed by atoms with Crippen molar-refractivity contribution >= 4 is 56.7 Å². The van der Waals surface area contributed by atoms with Crippen molar-refractivity contribution in [1.29, 1.82) is 0 Å². The molecule has 0 bridgehead atoms. The van der Waals surface area contributed by atoms with Crippen LogP contribution in [-0.4, -0.2) is 37.2 Å². The topological polar surface area (TPSA) is 83.7 Å². The second kappa shape index (κ2) is 10.0. The normalized spacial score (nSPS) is 12.9. The molecule has 0 aliphatic carbocycles. The molecule has 1 aromatic heterocycles. The number of cyclic esters (lactones) is 1. The zero-order chi connectivity index (χ0) is 26.3. The minimum atomic E-state index is -1.32. The summed E-state index contributed by atoms with van der Waals surface area (Å²) in [5.74, 6) is -3.55. The van der Waals surface area contributed by atoms with Gasteiger partial charge in [-0.2, -0.15) is 0 Å². The summed E-state index contributed by atoms with van der Waals surface area (Å²) < 4.78 is 42.0. The fraction of sp³-hybridized carbons (Fsp3) is 0.185. The van der Waals surface area contributed by atoms with Crippen LogP contribution in [0.4, 0.5) is 20.2 Å². The first kappa shape index (κ1) is 25.0. The van der Waals surface area contributed by atoms with Gasteiger partial charge in [0.15, 0.2) is 18.4 Å². The third-order valence-electron chi connectivity index (χ3n) is 6.34. The van der Waals surface area contributed by atoms with Crippen LogP contribution in [0.2, 0.25) is 0 Å². The van der Waals surface area contributed by atoms with E-state index in [1.165, 1.54) is 4.90 Å². The molecule has 0 fully saturated rings. The fourth-order valence-electron chi connectivity index (χ4n) is 4.48. The molecule has 0 radical (unpaired) electrons. The molecule has 190 valence electrons. The van der Waals surface area contributed by atoms with Gasteiger partial charge in [0.25, 0.3) is 5.91 Å². The Morgan fingerprint density at radius 2 is 2.00 bits per heavy atom. The van der Waals surface area contributed by atoms with Crippen LogP contribution >= 0.6 is 22.6 Å². The van der Waals surface area contributed by atoms with Crippen molar-refractivity contribution in [2.45, 2.75) is 13.3 Å². The van der Waals surface area contributed by atoms with Gasteiger partial charge in [0, 0.05) is 32.9 Å². The molecule has 0 unspecified atom stereocenters. The second-order valence-electron chi connectivity index (χ2n) is 8.60. The van der Waals surface area contributed by atoms with E-state index in [0.717, 1.165) is 31.7 Å². The molecule has 7 nitrogen and oxygen atoms in total. The van der Waals surface area contributed by atoms with E-state index in [2.05, 4.69) is 32.9 Å². The summed E-state index contributed by atoms with van der Waals surface area (Å²) in [4.78, 5) is 29.9. The third-order valence-corrected chi connectivity index (χ3v) is 7.02. The van der Waals surface area contributed by atoms with Crippen molar-refractivity contribution in [1.82, 2.24) is 10.3 Å². The number of hydrogen-bond donors (Lipinski definition) is 2. The van der Waals surface area contributed by atoms with Gasteiger partial charge in [-0.3, -0.25) is 4.79 Å². The SMILES string of the molecule is COc1ccc2[nH]cc(CCNC(=O)c3cc4c(c(F)c3F)N(c3ccc(I)cc3C)COC4=O)c2c1. The molecule has 1 amide bonds. The smallest absolute Gasteiger partial charge is 0.342 e. The molecule has 3 aromatic carbocycles. The number of anilines is 2. The highest BCUT2D eigenvalue weighted by atomic mass is 127. The van der Waals surface area contributed by atoms with Crippen LogP contribution in [0.15, 0.2) is 48.7 Å². The van der Waals surface area contributed by atoms with Crippen molar-refractivity contribution in [3.63, 3.8) is 0 Å². The van der Waals surface area contributed by atoms with Gasteiger partial charge >= 0.3 is 5.97 Å². The summed E-state index contributed by atoms with van der Waals surface area (Å²) in [7, 11) is 1.58. The van der Waals surface area contributed by atoms with Crippen molar-refractivity contribution in [2.24, 2.45) is 0 Å². The Kier molecular flexibility index (Phi) is 6.76. The molecule has 2 heterocycles. The number of benzene rings is 3. The van der Waals surface area contributed by atoms with E-state index >= 15 is 8.78 Å². The number of esters is 1. The second-order valence-corrected chi connectivity index (χ2v) is 9.84. The number of halogens is 3. The number of aryl methyl sites for hydroxylation is 1. The number of nitrogens with one attached hydrogen (secondary N) is 2. The van der Waals surface area contributed by atoms with Gasteiger partial charge in [-0.1, -0.05) is 0 Å². The van der Waals surface area contributed by atoms with Gasteiger partial charge < -0.3 is 24.7 Å². The number of ether oxygens (including phenoxy) is 2. The molecule has 0 spiro atoms. The lowest BCUT2D eigenvalue weighted by Gasteiger charge is -2.32. The first-order chi connectivity index (χ1) is 17.8. The molecule has 0 atom stereocenters. The van der Waals surface area contributed by atoms with Gasteiger partial charge in [-0.15, -0.1) is 0 Å². The molecule has 5 rings (SSSR count). The van der Waals surface area contributed by atoms with Crippen LogP contribution < -0.4 is 15.0 Å². The number of fused-ring (bicyclic) bond motifs is 2. The maximum absolute atomic E-state index is 15.4. The molecule has 37 heavy (non-hydrogen) atoms. The van der Waals surface area contributed by atoms with Crippen molar-refractivity contribution in [3.8, 4) is 5.75 Å². The Bertz CT molecular complexity index is 1550. The molecular formula is C27H22F2IN3O4. The van der Waals surface area contributed by atoms with Crippen LogP contribution in [-0.2, 0) is 11.2 Å². The fourth-order valence-corrected chi connectivity index (χ4v) is 5.12. The van der Waals surface area contributed by atoms with Crippen LogP contribution in [0.3, 0.4) is 0 Å². The van der Waals surface area contributed by atoms with Gasteiger partial charge in [-0.25, -0.2) is 13.6 Å². The largest absolute Gasteiger partial charge is 0.497 e. The summed E-state index contributed by atoms with van der Waals surface area (Å²) in [5, 5.41) is 3.56. The average molecular weight is 617 g/mol. The third kappa shape index (κ3) is 4.61. The van der Waals surface area contributed by atoms with Crippen molar-refractivity contribution in [3.05, 3.63) is 86.1 Å². The Balaban J connectivity index is 1.40. The monoisotopic (exact) mass is 617 g/mol. The number of H-pyrrole nitrogens is 1. The van der Waals surface area contributed by atoms with E-state index in [0.29, 0.717) is 17.9 Å². The highest BCUT2D eigenvalue weighted by Crippen LogP contribution is 2.38. The zero-order valence-electron chi connectivity index (χ0n) is 20.0. The van der Waals surface area contributed by atoms with E-state index in [-0.39, 0.29) is 24.5 Å². The summed E-state index contributed by atoms with van der Waals surface area (Å²) in [5.41, 5.74) is 2.19. The quantitative estimate of drug-likeness (QED) is 0.217. The Labute approximate surface area is 224 Å². The van der Waals surface area contributed by atoms with Crippen LogP contribution in [0, 0.1) is 22.1 Å². The predicted molar refractivity (Wildman–Crippen MR) is 144 cm³/mol. The maximum atomic E-state index is 15.4. The lowest BCUT2D eigenvalue weighted by molar-refractivity contribution is 0.0491. The van der Waals surface area contributed by atoms with Crippen molar-refractivity contribution < 1.29 is 27.8 Å². The van der Waals surface area contributed by atoms with Crippen LogP contribution in [0.1, 0.15) is 31.8 Å². The number of carbonyl (C=O) groups is 2. The number of rotatable bonds is 6. The number of aromatic amines is 1. The molecule has 2 N–H and O–H groups in total. The first-order valence-corrected chi connectivity index (χ1v) is 12.5. The zero-order valence-corrected chi connectivity index (χ0v) is 22.1. The number of hydrogen-bond acceptors (Lipinski definition) is 5. The standard InChI is InChI=1S/C27H22F2IN3O4/c1-14-9-16(30)3-6-22(14)33-13-37-27(35)20-11-19(23(28)24(29)25(20)33)26(34)31-8-7-15-12-32-21-5-4-17(36-2)10-18(15)21/h3-6,9-12,32H,7-8,13H2,1-2H3,(H,31,34). The lowest BCUT2D eigenvalue weighted by atomic mass is 10.0. The maximum Gasteiger partial charge on any atom is 0.342 e. The minimum Gasteiger partial charge on any atom is -0.497 e. The van der Waals surface area contributed by atoms with E-state index in [9.17, 15) is 9.59 Å². The summed E-state index contributed by atoms with van der Waals surface area (Å²) in [6, 6.07) is 12.1. The van der Waals surface area contributed by atoms with Crippen molar-refractivity contribution in [2.75, 3.05) is 25.3 Å². The van der Waals surface area contributed by atoms with Gasteiger partial charge in [0.1, 0.15) is 5.75 Å². The van der Waals surface area contributed by atoms with Gasteiger partial charge in [0.05, 0.1) is 23.9 Å². The number of carbonyl (C=O) groups excluding carboxylic acids is 2. The summed E-state index contributed by atoms with van der Waals surface area (Å²) >= 11 is 2.15. The Hall–Kier alpha value is -3.67. The highest BCUT2D eigenvalue weighted by molar-refractivity contribution is 14.1. The number of amides is 1. The van der Waals surface area contributed by atoms with Crippen LogP contribution in [0.25, 0.3) is 10.9 Å². The summed E-state index contributed by atoms with van der Waals surface area (Å²) in [6.07, 6.45) is 2.27. The van der Waals surface area contributed by atoms with Gasteiger partial charge in [0.2, 0.25) is 0 Å². The average Bonchev–Trinajstić information content (AvgIpc) is 3.28. The molecular weight excluding hydrogens is 595 g/mol. The number of aromatic nitrogens is 1. The van der Waals surface area contributed by atoms with Crippen LogP contribution in [0.5, 0.6) is 5.75 Å². The molecule has 0 saturated carbocycles. The van der Waals surface area contributed by atoms with Gasteiger partial charge in [-0.05, 0) is 89.5 Å². The van der Waals surface area contributed by atoms with E-state index < -0.39 is 29.1 Å². The lowest BCUT2D eigenvalue weighted by Crippen LogP contribution is -2.34. The number of nitrogens with zero attached hydrogens (tertiary/aromatic N) is 1.